The van der Waals surface area contributed by atoms with Crippen LogP contribution >= 0.6 is 0 Å². The minimum absolute atomic E-state index is 0.907. The smallest absolute Gasteiger partial charge is 0.0386 e. The molecule has 0 spiro atoms. The first-order valence-electron chi connectivity index (χ1n) is 6.24. The molecule has 0 aromatic rings. The van der Waals surface area contributed by atoms with Crippen molar-refractivity contribution < 1.29 is 0 Å². The van der Waals surface area contributed by atoms with Gasteiger partial charge in [-0.2, -0.15) is 0 Å². The standard InChI is InChI=1S/C13H26/c1-4-6-12-9-10-13(12)8-5-7-11(2)3/h11-13H,4-10H2,1-3H3. The minimum atomic E-state index is 0.907. The van der Waals surface area contributed by atoms with Gasteiger partial charge >= 0.3 is 0 Å². The Hall–Kier alpha value is 0. The zero-order valence-electron chi connectivity index (χ0n) is 9.68. The second-order valence-electron chi connectivity index (χ2n) is 5.21. The summed E-state index contributed by atoms with van der Waals surface area (Å²) in [5.74, 6) is 3.13. The van der Waals surface area contributed by atoms with Crippen molar-refractivity contribution in [3.63, 3.8) is 0 Å². The van der Waals surface area contributed by atoms with E-state index in [2.05, 4.69) is 20.8 Å². The van der Waals surface area contributed by atoms with E-state index in [-0.39, 0.29) is 0 Å². The molecule has 2 unspecified atom stereocenters. The molecule has 0 bridgehead atoms. The van der Waals surface area contributed by atoms with Gasteiger partial charge in [-0.15, -0.1) is 0 Å². The summed E-state index contributed by atoms with van der Waals surface area (Å²) in [4.78, 5) is 0. The van der Waals surface area contributed by atoms with Crippen molar-refractivity contribution in [2.45, 2.75) is 65.7 Å². The maximum Gasteiger partial charge on any atom is -0.0386 e. The lowest BCUT2D eigenvalue weighted by molar-refractivity contribution is 0.147. The Balaban J connectivity index is 2.02. The molecule has 2 atom stereocenters. The number of hydrogen-bond donors (Lipinski definition) is 0. The van der Waals surface area contributed by atoms with E-state index in [1.54, 1.807) is 0 Å². The quantitative estimate of drug-likeness (QED) is 0.561. The third-order valence-electron chi connectivity index (χ3n) is 3.59. The average Bonchev–Trinajstić information content (AvgIpc) is 2.06. The molecule has 1 saturated carbocycles. The zero-order chi connectivity index (χ0) is 9.68. The molecule has 0 heterocycles. The summed E-state index contributed by atoms with van der Waals surface area (Å²) >= 11 is 0. The fraction of sp³-hybridized carbons (Fsp3) is 1.00. The van der Waals surface area contributed by atoms with Crippen molar-refractivity contribution in [1.82, 2.24) is 0 Å². The van der Waals surface area contributed by atoms with Crippen molar-refractivity contribution in [1.29, 1.82) is 0 Å². The van der Waals surface area contributed by atoms with Crippen LogP contribution in [-0.2, 0) is 0 Å². The Bertz CT molecular complexity index is 126. The highest BCUT2D eigenvalue weighted by Crippen LogP contribution is 2.40. The van der Waals surface area contributed by atoms with Gasteiger partial charge in [0.25, 0.3) is 0 Å². The van der Waals surface area contributed by atoms with Crippen LogP contribution in [0.25, 0.3) is 0 Å². The van der Waals surface area contributed by atoms with Crippen molar-refractivity contribution in [2.24, 2.45) is 17.8 Å². The highest BCUT2D eigenvalue weighted by Gasteiger charge is 2.28. The summed E-state index contributed by atoms with van der Waals surface area (Å²) in [6.45, 7) is 7.00. The fourth-order valence-electron chi connectivity index (χ4n) is 2.56. The van der Waals surface area contributed by atoms with E-state index in [4.69, 9.17) is 0 Å². The van der Waals surface area contributed by atoms with E-state index in [1.807, 2.05) is 0 Å². The summed E-state index contributed by atoms with van der Waals surface area (Å²) in [5.41, 5.74) is 0. The molecule has 0 N–H and O–H groups in total. The first-order valence-corrected chi connectivity index (χ1v) is 6.24. The van der Waals surface area contributed by atoms with Gasteiger partial charge in [-0.05, 0) is 30.6 Å². The van der Waals surface area contributed by atoms with Gasteiger partial charge in [0, 0.05) is 0 Å². The van der Waals surface area contributed by atoms with Crippen LogP contribution in [0.2, 0.25) is 0 Å². The molecule has 0 saturated heterocycles. The highest BCUT2D eigenvalue weighted by atomic mass is 14.3. The molecular formula is C13H26. The predicted molar refractivity (Wildman–Crippen MR) is 59.8 cm³/mol. The van der Waals surface area contributed by atoms with Crippen molar-refractivity contribution in [3.05, 3.63) is 0 Å². The van der Waals surface area contributed by atoms with Gasteiger partial charge in [0.2, 0.25) is 0 Å². The van der Waals surface area contributed by atoms with E-state index in [9.17, 15) is 0 Å². The topological polar surface area (TPSA) is 0 Å². The van der Waals surface area contributed by atoms with Gasteiger partial charge < -0.3 is 0 Å². The monoisotopic (exact) mass is 182 g/mol. The molecule has 0 amide bonds. The van der Waals surface area contributed by atoms with Gasteiger partial charge in [-0.25, -0.2) is 0 Å². The SMILES string of the molecule is CCCC1CCC1CCCC(C)C. The number of hydrogen-bond acceptors (Lipinski definition) is 0. The third kappa shape index (κ3) is 3.70. The van der Waals surface area contributed by atoms with Crippen LogP contribution in [0.1, 0.15) is 65.7 Å². The summed E-state index contributed by atoms with van der Waals surface area (Å²) in [5, 5.41) is 0. The molecule has 0 aliphatic heterocycles. The Morgan fingerprint density at radius 1 is 1.08 bits per heavy atom. The molecule has 0 heteroatoms. The minimum Gasteiger partial charge on any atom is -0.0654 e. The lowest BCUT2D eigenvalue weighted by Gasteiger charge is -2.37. The maximum absolute atomic E-state index is 2.34. The van der Waals surface area contributed by atoms with E-state index in [1.165, 1.54) is 44.9 Å². The summed E-state index contributed by atoms with van der Waals surface area (Å²) in [7, 11) is 0. The van der Waals surface area contributed by atoms with Crippen molar-refractivity contribution in [2.75, 3.05) is 0 Å². The predicted octanol–water partition coefficient (Wildman–Crippen LogP) is 4.64. The molecule has 0 aromatic heterocycles. The summed E-state index contributed by atoms with van der Waals surface area (Å²) in [6.07, 6.45) is 10.4. The molecule has 13 heavy (non-hydrogen) atoms. The molecule has 1 fully saturated rings. The summed E-state index contributed by atoms with van der Waals surface area (Å²) in [6, 6.07) is 0. The van der Waals surface area contributed by atoms with Crippen LogP contribution in [0.4, 0.5) is 0 Å². The van der Waals surface area contributed by atoms with E-state index < -0.39 is 0 Å². The average molecular weight is 182 g/mol. The van der Waals surface area contributed by atoms with E-state index >= 15 is 0 Å². The van der Waals surface area contributed by atoms with Crippen molar-refractivity contribution in [3.8, 4) is 0 Å². The molecule has 0 aromatic carbocycles. The second kappa shape index (κ2) is 5.67. The maximum atomic E-state index is 2.34. The van der Waals surface area contributed by atoms with Crippen LogP contribution in [0, 0.1) is 17.8 Å². The Labute approximate surface area is 84.1 Å². The van der Waals surface area contributed by atoms with Crippen LogP contribution in [0.3, 0.4) is 0 Å². The molecule has 0 radical (unpaired) electrons. The first kappa shape index (κ1) is 11.1. The Morgan fingerprint density at radius 2 is 1.69 bits per heavy atom. The fourth-order valence-corrected chi connectivity index (χ4v) is 2.56. The van der Waals surface area contributed by atoms with Gasteiger partial charge in [-0.1, -0.05) is 52.9 Å². The van der Waals surface area contributed by atoms with Crippen LogP contribution in [0.5, 0.6) is 0 Å². The van der Waals surface area contributed by atoms with Gasteiger partial charge in [0.05, 0.1) is 0 Å². The molecule has 1 rings (SSSR count). The molecule has 0 nitrogen and oxygen atoms in total. The Kier molecular flexibility index (Phi) is 4.83. The second-order valence-corrected chi connectivity index (χ2v) is 5.21. The van der Waals surface area contributed by atoms with Crippen LogP contribution in [-0.4, -0.2) is 0 Å². The molecule has 1 aliphatic rings. The van der Waals surface area contributed by atoms with Crippen LogP contribution in [0.15, 0.2) is 0 Å². The zero-order valence-corrected chi connectivity index (χ0v) is 9.68. The number of rotatable bonds is 6. The third-order valence-corrected chi connectivity index (χ3v) is 3.59. The Morgan fingerprint density at radius 3 is 2.15 bits per heavy atom. The van der Waals surface area contributed by atoms with Crippen molar-refractivity contribution >= 4 is 0 Å². The van der Waals surface area contributed by atoms with Gasteiger partial charge in [0.1, 0.15) is 0 Å². The lowest BCUT2D eigenvalue weighted by atomic mass is 9.69. The van der Waals surface area contributed by atoms with Gasteiger partial charge in [0.15, 0.2) is 0 Å². The first-order chi connectivity index (χ1) is 6.24. The largest absolute Gasteiger partial charge is 0.0654 e. The highest BCUT2D eigenvalue weighted by molar-refractivity contribution is 4.80. The lowest BCUT2D eigenvalue weighted by Crippen LogP contribution is -2.25. The molecular weight excluding hydrogens is 156 g/mol. The van der Waals surface area contributed by atoms with E-state index in [0.717, 1.165) is 17.8 Å². The summed E-state index contributed by atoms with van der Waals surface area (Å²) < 4.78 is 0. The van der Waals surface area contributed by atoms with E-state index in [0.29, 0.717) is 0 Å². The normalized spacial score (nSPS) is 27.7. The van der Waals surface area contributed by atoms with Crippen LogP contribution < -0.4 is 0 Å². The van der Waals surface area contributed by atoms with Gasteiger partial charge in [-0.3, -0.25) is 0 Å². The molecule has 78 valence electrons. The molecule has 1 aliphatic carbocycles.